The Balaban J connectivity index is 0.00000208. The molecule has 0 radical (unpaired) electrons. The first-order valence-electron chi connectivity index (χ1n) is 7.87. The molecule has 2 unspecified atom stereocenters. The van der Waals surface area contributed by atoms with Gasteiger partial charge in [-0.25, -0.2) is 8.78 Å². The van der Waals surface area contributed by atoms with Crippen LogP contribution in [0.2, 0.25) is 0 Å². The molecule has 2 heterocycles. The zero-order valence-corrected chi connectivity index (χ0v) is 13.9. The van der Waals surface area contributed by atoms with Crippen LogP contribution in [0.1, 0.15) is 25.7 Å². The molecule has 24 heavy (non-hydrogen) atoms. The number of halogens is 3. The summed E-state index contributed by atoms with van der Waals surface area (Å²) in [5, 5.41) is 5.81. The lowest BCUT2D eigenvalue weighted by molar-refractivity contribution is -0.128. The number of nitrogens with one attached hydrogen (secondary N) is 2. The van der Waals surface area contributed by atoms with Crippen molar-refractivity contribution < 1.29 is 18.4 Å². The van der Waals surface area contributed by atoms with Gasteiger partial charge in [-0.15, -0.1) is 12.4 Å². The predicted molar refractivity (Wildman–Crippen MR) is 88.1 cm³/mol. The molecule has 1 aromatic rings. The normalized spacial score (nSPS) is 23.8. The maximum Gasteiger partial charge on any atom is 0.249 e. The van der Waals surface area contributed by atoms with Gasteiger partial charge in [-0.3, -0.25) is 9.59 Å². The summed E-state index contributed by atoms with van der Waals surface area (Å²) in [5.41, 5.74) is -0.343. The Morgan fingerprint density at radius 3 is 2.54 bits per heavy atom. The maximum absolute atomic E-state index is 13.8. The number of piperidine rings is 1. The third-order valence-electron chi connectivity index (χ3n) is 4.36. The van der Waals surface area contributed by atoms with Gasteiger partial charge in [-0.05, 0) is 37.9 Å². The maximum atomic E-state index is 13.8. The van der Waals surface area contributed by atoms with Gasteiger partial charge in [0, 0.05) is 6.54 Å². The van der Waals surface area contributed by atoms with E-state index in [2.05, 4.69) is 10.6 Å². The summed E-state index contributed by atoms with van der Waals surface area (Å²) in [5.74, 6) is -2.25. The Labute approximate surface area is 145 Å². The average Bonchev–Trinajstić information content (AvgIpc) is 2.89. The van der Waals surface area contributed by atoms with Crippen LogP contribution < -0.4 is 15.5 Å². The lowest BCUT2D eigenvalue weighted by Crippen LogP contribution is -2.51. The van der Waals surface area contributed by atoms with Crippen LogP contribution in [0.3, 0.4) is 0 Å². The second kappa shape index (κ2) is 7.90. The van der Waals surface area contributed by atoms with Crippen molar-refractivity contribution in [2.24, 2.45) is 0 Å². The molecule has 2 aliphatic heterocycles. The number of amides is 2. The molecule has 1 aromatic carbocycles. The van der Waals surface area contributed by atoms with Crippen LogP contribution in [0.5, 0.6) is 0 Å². The Bertz CT molecular complexity index is 603. The van der Waals surface area contributed by atoms with E-state index in [-0.39, 0.29) is 36.6 Å². The first-order chi connectivity index (χ1) is 11.1. The highest BCUT2D eigenvalue weighted by atomic mass is 35.5. The summed E-state index contributed by atoms with van der Waals surface area (Å²) >= 11 is 0. The molecule has 2 fully saturated rings. The quantitative estimate of drug-likeness (QED) is 0.864. The lowest BCUT2D eigenvalue weighted by Gasteiger charge is -2.24. The van der Waals surface area contributed by atoms with Crippen LogP contribution >= 0.6 is 12.4 Å². The van der Waals surface area contributed by atoms with Gasteiger partial charge in [0.2, 0.25) is 11.8 Å². The third kappa shape index (κ3) is 3.67. The van der Waals surface area contributed by atoms with E-state index < -0.39 is 23.6 Å². The van der Waals surface area contributed by atoms with E-state index in [1.807, 2.05) is 0 Å². The second-order valence-electron chi connectivity index (χ2n) is 5.91. The first kappa shape index (κ1) is 18.6. The average molecular weight is 360 g/mol. The Hall–Kier alpha value is -1.73. The van der Waals surface area contributed by atoms with E-state index in [0.29, 0.717) is 6.42 Å². The molecule has 2 N–H and O–H groups in total. The summed E-state index contributed by atoms with van der Waals surface area (Å²) in [4.78, 5) is 25.6. The minimum Gasteiger partial charge on any atom is -0.343 e. The number of carbonyl (C=O) groups excluding carboxylic acids is 2. The molecule has 2 atom stereocenters. The van der Waals surface area contributed by atoms with Gasteiger partial charge in [-0.1, -0.05) is 12.5 Å². The molecule has 0 aromatic heterocycles. The van der Waals surface area contributed by atoms with Crippen LogP contribution in [-0.2, 0) is 9.59 Å². The van der Waals surface area contributed by atoms with Crippen molar-refractivity contribution in [3.05, 3.63) is 29.8 Å². The van der Waals surface area contributed by atoms with Crippen molar-refractivity contribution in [1.29, 1.82) is 0 Å². The van der Waals surface area contributed by atoms with E-state index in [0.717, 1.165) is 42.8 Å². The molecular formula is C16H20ClF2N3O2. The van der Waals surface area contributed by atoms with Gasteiger partial charge in [-0.2, -0.15) is 0 Å². The van der Waals surface area contributed by atoms with E-state index in [4.69, 9.17) is 0 Å². The van der Waals surface area contributed by atoms with Gasteiger partial charge < -0.3 is 15.5 Å². The molecule has 0 saturated carbocycles. The van der Waals surface area contributed by atoms with Crippen LogP contribution in [0.25, 0.3) is 0 Å². The van der Waals surface area contributed by atoms with Crippen molar-refractivity contribution >= 4 is 29.9 Å². The van der Waals surface area contributed by atoms with Gasteiger partial charge in [0.25, 0.3) is 0 Å². The van der Waals surface area contributed by atoms with E-state index in [1.165, 1.54) is 6.07 Å². The number of carbonyl (C=O) groups is 2. The molecule has 0 aliphatic carbocycles. The van der Waals surface area contributed by atoms with Crippen molar-refractivity contribution in [3.63, 3.8) is 0 Å². The fourth-order valence-electron chi connectivity index (χ4n) is 3.13. The van der Waals surface area contributed by atoms with Crippen molar-refractivity contribution in [3.8, 4) is 0 Å². The third-order valence-corrected chi connectivity index (χ3v) is 4.36. The zero-order valence-electron chi connectivity index (χ0n) is 13.1. The molecule has 3 rings (SSSR count). The predicted octanol–water partition coefficient (Wildman–Crippen LogP) is 1.75. The number of para-hydroxylation sites is 1. The Kier molecular flexibility index (Phi) is 6.12. The number of anilines is 1. The minimum absolute atomic E-state index is 0. The molecular weight excluding hydrogens is 340 g/mol. The number of hydrogen-bond acceptors (Lipinski definition) is 3. The molecule has 2 saturated heterocycles. The standard InChI is InChI=1S/C16H19F2N3O2.ClH/c17-10-4-3-5-11(18)14(10)21-9-7-13(16(21)23)20-15(22)12-6-1-2-8-19-12;/h3-5,12-13,19H,1-2,6-9H2,(H,20,22);1H. The van der Waals surface area contributed by atoms with E-state index >= 15 is 0 Å². The molecule has 8 heteroatoms. The Morgan fingerprint density at radius 1 is 1.21 bits per heavy atom. The number of benzene rings is 1. The summed E-state index contributed by atoms with van der Waals surface area (Å²) in [6, 6.07) is 2.46. The summed E-state index contributed by atoms with van der Waals surface area (Å²) in [6.07, 6.45) is 3.08. The zero-order chi connectivity index (χ0) is 16.4. The molecule has 2 amide bonds. The number of rotatable bonds is 3. The molecule has 0 spiro atoms. The highest BCUT2D eigenvalue weighted by molar-refractivity contribution is 6.01. The molecule has 0 bridgehead atoms. The highest BCUT2D eigenvalue weighted by Gasteiger charge is 2.37. The lowest BCUT2D eigenvalue weighted by atomic mass is 10.0. The minimum atomic E-state index is -0.778. The van der Waals surface area contributed by atoms with Crippen LogP contribution in [0, 0.1) is 11.6 Å². The van der Waals surface area contributed by atoms with Crippen LogP contribution in [0.15, 0.2) is 18.2 Å². The van der Waals surface area contributed by atoms with Gasteiger partial charge in [0.15, 0.2) is 0 Å². The van der Waals surface area contributed by atoms with Crippen LogP contribution in [-0.4, -0.2) is 37.0 Å². The van der Waals surface area contributed by atoms with Crippen molar-refractivity contribution in [2.75, 3.05) is 18.0 Å². The van der Waals surface area contributed by atoms with E-state index in [1.54, 1.807) is 0 Å². The monoisotopic (exact) mass is 359 g/mol. The highest BCUT2D eigenvalue weighted by Crippen LogP contribution is 2.27. The summed E-state index contributed by atoms with van der Waals surface area (Å²) in [6.45, 7) is 0.961. The molecule has 132 valence electrons. The van der Waals surface area contributed by atoms with E-state index in [9.17, 15) is 18.4 Å². The fraction of sp³-hybridized carbons (Fsp3) is 0.500. The number of hydrogen-bond donors (Lipinski definition) is 2. The SMILES string of the molecule is Cl.O=C(NC1CCN(c2c(F)cccc2F)C1=O)C1CCCCN1. The van der Waals surface area contributed by atoms with Crippen molar-refractivity contribution in [2.45, 2.75) is 37.8 Å². The topological polar surface area (TPSA) is 61.4 Å². The van der Waals surface area contributed by atoms with Crippen LogP contribution in [0.4, 0.5) is 14.5 Å². The first-order valence-corrected chi connectivity index (χ1v) is 7.87. The Morgan fingerprint density at radius 2 is 1.92 bits per heavy atom. The van der Waals surface area contributed by atoms with Crippen molar-refractivity contribution in [1.82, 2.24) is 10.6 Å². The number of nitrogens with zero attached hydrogens (tertiary/aromatic N) is 1. The summed E-state index contributed by atoms with van der Waals surface area (Å²) < 4.78 is 27.6. The van der Waals surface area contributed by atoms with Gasteiger partial charge >= 0.3 is 0 Å². The largest absolute Gasteiger partial charge is 0.343 e. The fourth-order valence-corrected chi connectivity index (χ4v) is 3.13. The van der Waals surface area contributed by atoms with Gasteiger partial charge in [0.1, 0.15) is 23.4 Å². The molecule has 2 aliphatic rings. The molecule has 5 nitrogen and oxygen atoms in total. The summed E-state index contributed by atoms with van der Waals surface area (Å²) in [7, 11) is 0. The second-order valence-corrected chi connectivity index (χ2v) is 5.91. The van der Waals surface area contributed by atoms with Gasteiger partial charge in [0.05, 0.1) is 6.04 Å². The smallest absolute Gasteiger partial charge is 0.249 e.